The lowest BCUT2D eigenvalue weighted by atomic mass is 9.33. The van der Waals surface area contributed by atoms with Crippen molar-refractivity contribution in [2.24, 2.45) is 56.7 Å². The van der Waals surface area contributed by atoms with Crippen LogP contribution in [0.25, 0.3) is 0 Å². The van der Waals surface area contributed by atoms with Crippen LogP contribution >= 0.6 is 0 Å². The summed E-state index contributed by atoms with van der Waals surface area (Å²) in [4.78, 5) is 26.4. The monoisotopic (exact) mass is 484 g/mol. The highest BCUT2D eigenvalue weighted by atomic mass is 16.5. The van der Waals surface area contributed by atoms with Gasteiger partial charge in [-0.2, -0.15) is 0 Å². The van der Waals surface area contributed by atoms with Gasteiger partial charge in [-0.25, -0.2) is 0 Å². The first-order chi connectivity index (χ1) is 16.4. The number of ketones is 1. The highest BCUT2D eigenvalue weighted by Crippen LogP contribution is 2.75. The molecule has 5 rings (SSSR count). The third-order valence-electron chi connectivity index (χ3n) is 13.5. The molecule has 0 aromatic rings. The summed E-state index contributed by atoms with van der Waals surface area (Å²) in [5.74, 6) is 2.33. The van der Waals surface area contributed by atoms with Gasteiger partial charge in [0.2, 0.25) is 0 Å². The number of esters is 1. The van der Waals surface area contributed by atoms with Crippen molar-refractivity contribution in [3.05, 3.63) is 11.6 Å². The third-order valence-corrected chi connectivity index (χ3v) is 13.5. The molecule has 4 heteroatoms. The van der Waals surface area contributed by atoms with Crippen LogP contribution in [0, 0.1) is 56.7 Å². The summed E-state index contributed by atoms with van der Waals surface area (Å²) in [7, 11) is 1.57. The first-order valence-electron chi connectivity index (χ1n) is 14.3. The summed E-state index contributed by atoms with van der Waals surface area (Å²) in [5, 5.41) is 10.4. The van der Waals surface area contributed by atoms with Crippen LogP contribution in [0.5, 0.6) is 0 Å². The van der Waals surface area contributed by atoms with E-state index in [1.54, 1.807) is 12.7 Å². The number of methoxy groups -OCH3 is 1. The number of hydrogen-bond acceptors (Lipinski definition) is 4. The fourth-order valence-electron chi connectivity index (χ4n) is 10.9. The Hall–Kier alpha value is -1.16. The van der Waals surface area contributed by atoms with Crippen molar-refractivity contribution in [3.63, 3.8) is 0 Å². The second kappa shape index (κ2) is 7.92. The van der Waals surface area contributed by atoms with Gasteiger partial charge in [-0.05, 0) is 97.2 Å². The van der Waals surface area contributed by atoms with Crippen LogP contribution in [0.15, 0.2) is 11.6 Å². The lowest BCUT2D eigenvalue weighted by Gasteiger charge is -2.70. The quantitative estimate of drug-likeness (QED) is 0.366. The molecule has 10 atom stereocenters. The average molecular weight is 485 g/mol. The zero-order chi connectivity index (χ0) is 25.6. The van der Waals surface area contributed by atoms with Crippen molar-refractivity contribution in [3.8, 4) is 0 Å². The molecular formula is C31H48O4. The summed E-state index contributed by atoms with van der Waals surface area (Å²) in [6.07, 6.45) is 11.2. The first kappa shape index (κ1) is 25.5. The van der Waals surface area contributed by atoms with Gasteiger partial charge in [0.05, 0.1) is 24.5 Å². The number of Topliss-reactive ketones (excluding diaryl/α,β-unsaturated/α-hetero) is 1. The Labute approximate surface area is 212 Å². The van der Waals surface area contributed by atoms with E-state index in [-0.39, 0.29) is 51.9 Å². The lowest BCUT2D eigenvalue weighted by Crippen LogP contribution is -2.65. The van der Waals surface area contributed by atoms with Crippen LogP contribution in [0.3, 0.4) is 0 Å². The number of aliphatic hydroxyl groups is 1. The number of hydrogen-bond donors (Lipinski definition) is 1. The smallest absolute Gasteiger partial charge is 0.312 e. The van der Waals surface area contributed by atoms with Crippen LogP contribution < -0.4 is 0 Å². The van der Waals surface area contributed by atoms with E-state index in [2.05, 4.69) is 40.7 Å². The maximum absolute atomic E-state index is 13.4. The number of fused-ring (bicyclic) bond motifs is 7. The molecule has 0 amide bonds. The maximum Gasteiger partial charge on any atom is 0.312 e. The number of carbonyl (C=O) groups is 2. The van der Waals surface area contributed by atoms with Gasteiger partial charge in [0.25, 0.3) is 0 Å². The van der Waals surface area contributed by atoms with E-state index in [9.17, 15) is 14.7 Å². The van der Waals surface area contributed by atoms with E-state index >= 15 is 0 Å². The van der Waals surface area contributed by atoms with Gasteiger partial charge >= 0.3 is 5.97 Å². The molecule has 0 aromatic heterocycles. The Morgan fingerprint density at radius 3 is 2.40 bits per heavy atom. The summed E-state index contributed by atoms with van der Waals surface area (Å²) in [6.45, 7) is 14.2. The van der Waals surface area contributed by atoms with Gasteiger partial charge in [-0.3, -0.25) is 9.59 Å². The zero-order valence-electron chi connectivity index (χ0n) is 23.2. The molecule has 5 aliphatic rings. The third kappa shape index (κ3) is 2.95. The molecule has 4 nitrogen and oxygen atoms in total. The molecule has 4 fully saturated rings. The topological polar surface area (TPSA) is 63.6 Å². The predicted octanol–water partition coefficient (Wildman–Crippen LogP) is 6.36. The lowest BCUT2D eigenvalue weighted by molar-refractivity contribution is -0.196. The van der Waals surface area contributed by atoms with Crippen LogP contribution in [-0.2, 0) is 14.3 Å². The molecule has 4 saturated carbocycles. The molecule has 0 radical (unpaired) electrons. The molecule has 0 spiro atoms. The van der Waals surface area contributed by atoms with Crippen molar-refractivity contribution < 1.29 is 19.4 Å². The molecule has 196 valence electrons. The molecule has 0 bridgehead atoms. The van der Waals surface area contributed by atoms with E-state index in [1.165, 1.54) is 0 Å². The second-order valence-electron chi connectivity index (χ2n) is 14.3. The number of rotatable bonds is 2. The molecule has 0 aromatic carbocycles. The zero-order valence-corrected chi connectivity index (χ0v) is 23.2. The molecule has 1 N–H and O–H groups in total. The van der Waals surface area contributed by atoms with Crippen LogP contribution in [-0.4, -0.2) is 30.6 Å². The minimum Gasteiger partial charge on any atom is -0.469 e. The van der Waals surface area contributed by atoms with Crippen molar-refractivity contribution in [1.82, 2.24) is 0 Å². The Morgan fingerprint density at radius 1 is 1.03 bits per heavy atom. The van der Waals surface area contributed by atoms with Crippen molar-refractivity contribution in [2.75, 3.05) is 13.7 Å². The van der Waals surface area contributed by atoms with Crippen molar-refractivity contribution in [1.29, 1.82) is 0 Å². The van der Waals surface area contributed by atoms with Gasteiger partial charge in [0.1, 0.15) is 5.78 Å². The maximum atomic E-state index is 13.4. The molecule has 0 aliphatic heterocycles. The van der Waals surface area contributed by atoms with E-state index in [0.717, 1.165) is 51.4 Å². The number of allylic oxidation sites excluding steroid dienone is 2. The van der Waals surface area contributed by atoms with Crippen LogP contribution in [0.1, 0.15) is 99.3 Å². The summed E-state index contributed by atoms with van der Waals surface area (Å²) in [5.41, 5.74) is 0.787. The van der Waals surface area contributed by atoms with E-state index in [0.29, 0.717) is 24.2 Å². The van der Waals surface area contributed by atoms with E-state index < -0.39 is 5.41 Å². The van der Waals surface area contributed by atoms with Crippen molar-refractivity contribution >= 4 is 11.8 Å². The van der Waals surface area contributed by atoms with Crippen LogP contribution in [0.4, 0.5) is 0 Å². The molecule has 0 saturated heterocycles. The minimum absolute atomic E-state index is 0.0108. The Bertz CT molecular complexity index is 954. The fraction of sp³-hybridized carbons (Fsp3) is 0.871. The Balaban J connectivity index is 1.61. The number of ether oxygens (including phenoxy) is 1. The van der Waals surface area contributed by atoms with Gasteiger partial charge in [-0.15, -0.1) is 0 Å². The molecule has 5 aliphatic carbocycles. The fourth-order valence-corrected chi connectivity index (χ4v) is 10.9. The van der Waals surface area contributed by atoms with E-state index in [1.807, 2.05) is 6.92 Å². The average Bonchev–Trinajstić information content (AvgIpc) is 2.83. The molecular weight excluding hydrogens is 436 g/mol. The minimum atomic E-state index is -0.612. The SMILES string of the molecule is COC(=O)[C@]12CC[C@@H](C)[C@H](C)[C@H]1C1=CC[C@@H]3[C@@]4(C)CCC(=O)[C@@](C)(CO)[C@@H]4CC[C@@]3(C)[C@]1(C)CC2. The molecule has 35 heavy (non-hydrogen) atoms. The molecule has 0 unspecified atom stereocenters. The number of carbonyl (C=O) groups excluding carboxylic acids is 2. The second-order valence-corrected chi connectivity index (χ2v) is 14.3. The van der Waals surface area contributed by atoms with Gasteiger partial charge in [0.15, 0.2) is 0 Å². The Kier molecular flexibility index (Phi) is 5.77. The first-order valence-corrected chi connectivity index (χ1v) is 14.3. The van der Waals surface area contributed by atoms with Crippen molar-refractivity contribution in [2.45, 2.75) is 99.3 Å². The number of aliphatic hydroxyl groups excluding tert-OH is 1. The standard InChI is InChI=1S/C31H48O4/c1-19-10-15-31(26(34)35-7)17-16-29(5)21(25(31)20(19)2)8-9-23-27(3)13-12-24(33)28(4,18-32)22(27)11-14-30(23,29)6/h8,19-20,22-23,25,32H,9-18H2,1-7H3/t19-,20+,22-,23-,25+,27+,28+,29-,30-,31+/m1/s1. The highest BCUT2D eigenvalue weighted by Gasteiger charge is 2.70. The predicted molar refractivity (Wildman–Crippen MR) is 137 cm³/mol. The largest absolute Gasteiger partial charge is 0.469 e. The van der Waals surface area contributed by atoms with Gasteiger partial charge in [-0.1, -0.05) is 53.2 Å². The van der Waals surface area contributed by atoms with Gasteiger partial charge in [0, 0.05) is 6.42 Å². The van der Waals surface area contributed by atoms with Gasteiger partial charge < -0.3 is 9.84 Å². The summed E-state index contributed by atoms with van der Waals surface area (Å²) in [6, 6.07) is 0. The van der Waals surface area contributed by atoms with Crippen LogP contribution in [0.2, 0.25) is 0 Å². The normalized spacial score (nSPS) is 53.4. The Morgan fingerprint density at radius 2 is 1.74 bits per heavy atom. The van der Waals surface area contributed by atoms with E-state index in [4.69, 9.17) is 4.74 Å². The summed E-state index contributed by atoms with van der Waals surface area (Å²) >= 11 is 0. The highest BCUT2D eigenvalue weighted by molar-refractivity contribution is 5.86. The summed E-state index contributed by atoms with van der Waals surface area (Å²) < 4.78 is 5.49. The molecule has 0 heterocycles.